The molecular weight excluding hydrogens is 198 g/mol. The SMILES string of the molecule is CC.Cc1ncc(C(F)(F)F)cc1F. The molecule has 0 bridgehead atoms. The molecule has 0 amide bonds. The summed E-state index contributed by atoms with van der Waals surface area (Å²) in [4.78, 5) is 3.25. The number of aryl methyl sites for hydroxylation is 1. The number of hydrogen-bond acceptors (Lipinski definition) is 1. The Hall–Kier alpha value is -1.13. The van der Waals surface area contributed by atoms with Gasteiger partial charge in [-0.25, -0.2) is 4.39 Å². The van der Waals surface area contributed by atoms with Gasteiger partial charge in [0.05, 0.1) is 11.3 Å². The van der Waals surface area contributed by atoms with Crippen LogP contribution in [0.1, 0.15) is 25.1 Å². The molecule has 0 aliphatic rings. The van der Waals surface area contributed by atoms with Gasteiger partial charge in [0.15, 0.2) is 0 Å². The van der Waals surface area contributed by atoms with E-state index in [0.29, 0.717) is 12.3 Å². The molecule has 14 heavy (non-hydrogen) atoms. The van der Waals surface area contributed by atoms with E-state index in [0.717, 1.165) is 0 Å². The second-order valence-electron chi connectivity index (χ2n) is 2.29. The van der Waals surface area contributed by atoms with Crippen molar-refractivity contribution in [2.75, 3.05) is 0 Å². The number of nitrogens with zero attached hydrogens (tertiary/aromatic N) is 1. The van der Waals surface area contributed by atoms with Crippen molar-refractivity contribution in [3.05, 3.63) is 29.3 Å². The van der Waals surface area contributed by atoms with Gasteiger partial charge in [0.25, 0.3) is 0 Å². The van der Waals surface area contributed by atoms with Gasteiger partial charge in [-0.1, -0.05) is 13.8 Å². The first-order chi connectivity index (χ1) is 6.41. The van der Waals surface area contributed by atoms with Crippen molar-refractivity contribution < 1.29 is 17.6 Å². The molecule has 0 N–H and O–H groups in total. The molecule has 5 heteroatoms. The third-order valence-corrected chi connectivity index (χ3v) is 1.35. The van der Waals surface area contributed by atoms with E-state index in [-0.39, 0.29) is 5.69 Å². The fourth-order valence-corrected chi connectivity index (χ4v) is 0.661. The second-order valence-corrected chi connectivity index (χ2v) is 2.29. The highest BCUT2D eigenvalue weighted by molar-refractivity contribution is 5.17. The summed E-state index contributed by atoms with van der Waals surface area (Å²) in [5.74, 6) is -0.940. The van der Waals surface area contributed by atoms with Crippen molar-refractivity contribution in [2.24, 2.45) is 0 Å². The van der Waals surface area contributed by atoms with Gasteiger partial charge in [0.1, 0.15) is 5.82 Å². The van der Waals surface area contributed by atoms with E-state index >= 15 is 0 Å². The highest BCUT2D eigenvalue weighted by Crippen LogP contribution is 2.29. The molecule has 80 valence electrons. The zero-order valence-electron chi connectivity index (χ0n) is 8.11. The van der Waals surface area contributed by atoms with Crippen LogP contribution in [0.25, 0.3) is 0 Å². The van der Waals surface area contributed by atoms with Crippen LogP contribution in [0.2, 0.25) is 0 Å². The van der Waals surface area contributed by atoms with E-state index < -0.39 is 17.6 Å². The highest BCUT2D eigenvalue weighted by atomic mass is 19.4. The molecular formula is C9H11F4N. The molecule has 0 fully saturated rings. The Bertz CT molecular complexity index is 293. The smallest absolute Gasteiger partial charge is 0.258 e. The fraction of sp³-hybridized carbons (Fsp3) is 0.444. The molecule has 0 saturated carbocycles. The minimum Gasteiger partial charge on any atom is -0.258 e. The first-order valence-corrected chi connectivity index (χ1v) is 4.10. The molecule has 1 nitrogen and oxygen atoms in total. The first-order valence-electron chi connectivity index (χ1n) is 4.10. The molecule has 0 radical (unpaired) electrons. The zero-order valence-corrected chi connectivity index (χ0v) is 8.11. The molecule has 1 heterocycles. The summed E-state index contributed by atoms with van der Waals surface area (Å²) in [6.07, 6.45) is -3.92. The Balaban J connectivity index is 0.000000791. The maximum absolute atomic E-state index is 12.5. The predicted molar refractivity (Wildman–Crippen MR) is 45.3 cm³/mol. The van der Waals surface area contributed by atoms with Gasteiger partial charge >= 0.3 is 6.18 Å². The van der Waals surface area contributed by atoms with Crippen LogP contribution < -0.4 is 0 Å². The van der Waals surface area contributed by atoms with Crippen LogP contribution in [0.15, 0.2) is 12.3 Å². The normalized spacial score (nSPS) is 10.5. The number of rotatable bonds is 0. The van der Waals surface area contributed by atoms with Crippen LogP contribution in [-0.4, -0.2) is 4.98 Å². The minimum atomic E-state index is -4.53. The summed E-state index contributed by atoms with van der Waals surface area (Å²) in [6, 6.07) is 0.433. The molecule has 0 aromatic carbocycles. The van der Waals surface area contributed by atoms with E-state index in [2.05, 4.69) is 4.98 Å². The number of halogens is 4. The van der Waals surface area contributed by atoms with Crippen molar-refractivity contribution in [1.29, 1.82) is 0 Å². The number of aromatic nitrogens is 1. The molecule has 0 unspecified atom stereocenters. The molecule has 1 aromatic rings. The molecule has 0 aliphatic heterocycles. The fourth-order valence-electron chi connectivity index (χ4n) is 0.661. The van der Waals surface area contributed by atoms with E-state index in [1.165, 1.54) is 6.92 Å². The van der Waals surface area contributed by atoms with E-state index in [1.54, 1.807) is 0 Å². The quantitative estimate of drug-likeness (QED) is 0.595. The van der Waals surface area contributed by atoms with Gasteiger partial charge in [0, 0.05) is 6.20 Å². The summed E-state index contributed by atoms with van der Waals surface area (Å²) in [5, 5.41) is 0. The van der Waals surface area contributed by atoms with Crippen molar-refractivity contribution in [1.82, 2.24) is 4.98 Å². The number of pyridine rings is 1. The van der Waals surface area contributed by atoms with E-state index in [4.69, 9.17) is 0 Å². The van der Waals surface area contributed by atoms with Gasteiger partial charge in [-0.3, -0.25) is 4.98 Å². The highest BCUT2D eigenvalue weighted by Gasteiger charge is 2.31. The standard InChI is InChI=1S/C7H5F4N.C2H6/c1-4-6(8)2-5(3-12-4)7(9,10)11;1-2/h2-3H,1H3;1-2H3. The van der Waals surface area contributed by atoms with Crippen LogP contribution in [0.3, 0.4) is 0 Å². The van der Waals surface area contributed by atoms with Crippen LogP contribution in [0, 0.1) is 12.7 Å². The Morgan fingerprint density at radius 3 is 2.07 bits per heavy atom. The second kappa shape index (κ2) is 4.93. The lowest BCUT2D eigenvalue weighted by atomic mass is 10.2. The van der Waals surface area contributed by atoms with Crippen molar-refractivity contribution in [3.63, 3.8) is 0 Å². The Morgan fingerprint density at radius 2 is 1.71 bits per heavy atom. The molecule has 0 atom stereocenters. The van der Waals surface area contributed by atoms with Gasteiger partial charge in [-0.2, -0.15) is 13.2 Å². The zero-order chi connectivity index (χ0) is 11.4. The maximum Gasteiger partial charge on any atom is 0.417 e. The van der Waals surface area contributed by atoms with Crippen molar-refractivity contribution >= 4 is 0 Å². The summed E-state index contributed by atoms with van der Waals surface area (Å²) in [5.41, 5.74) is -1.10. The van der Waals surface area contributed by atoms with E-state index in [9.17, 15) is 17.6 Å². The lowest BCUT2D eigenvalue weighted by Gasteiger charge is -2.05. The summed E-state index contributed by atoms with van der Waals surface area (Å²) in [7, 11) is 0. The molecule has 0 aliphatic carbocycles. The Morgan fingerprint density at radius 1 is 1.21 bits per heavy atom. The van der Waals surface area contributed by atoms with Crippen LogP contribution in [-0.2, 0) is 6.18 Å². The lowest BCUT2D eigenvalue weighted by molar-refractivity contribution is -0.138. The van der Waals surface area contributed by atoms with Gasteiger partial charge in [0.2, 0.25) is 0 Å². The Kier molecular flexibility index (Phi) is 4.53. The molecule has 0 spiro atoms. The average molecular weight is 209 g/mol. The van der Waals surface area contributed by atoms with Crippen LogP contribution >= 0.6 is 0 Å². The Labute approximate surface area is 79.8 Å². The van der Waals surface area contributed by atoms with Gasteiger partial charge < -0.3 is 0 Å². The molecule has 1 aromatic heterocycles. The maximum atomic E-state index is 12.5. The average Bonchev–Trinajstić information content (AvgIpc) is 2.11. The van der Waals surface area contributed by atoms with Crippen molar-refractivity contribution in [3.8, 4) is 0 Å². The van der Waals surface area contributed by atoms with Gasteiger partial charge in [-0.15, -0.1) is 0 Å². The van der Waals surface area contributed by atoms with Crippen molar-refractivity contribution in [2.45, 2.75) is 26.9 Å². The topological polar surface area (TPSA) is 12.9 Å². The van der Waals surface area contributed by atoms with Crippen LogP contribution in [0.4, 0.5) is 17.6 Å². The van der Waals surface area contributed by atoms with Gasteiger partial charge in [-0.05, 0) is 13.0 Å². The third-order valence-electron chi connectivity index (χ3n) is 1.35. The summed E-state index contributed by atoms with van der Waals surface area (Å²) >= 11 is 0. The molecule has 0 saturated heterocycles. The minimum absolute atomic E-state index is 0.0389. The number of hydrogen-bond donors (Lipinski definition) is 0. The first kappa shape index (κ1) is 12.9. The summed E-state index contributed by atoms with van der Waals surface area (Å²) < 4.78 is 48.2. The van der Waals surface area contributed by atoms with E-state index in [1.807, 2.05) is 13.8 Å². The number of alkyl halides is 3. The summed E-state index contributed by atoms with van der Waals surface area (Å²) in [6.45, 7) is 5.30. The monoisotopic (exact) mass is 209 g/mol. The predicted octanol–water partition coefficient (Wildman–Crippen LogP) is 3.57. The third kappa shape index (κ3) is 3.32. The lowest BCUT2D eigenvalue weighted by Crippen LogP contribution is -2.06. The largest absolute Gasteiger partial charge is 0.417 e. The van der Waals surface area contributed by atoms with Crippen LogP contribution in [0.5, 0.6) is 0 Å². The molecule has 1 rings (SSSR count).